The largest absolute Gasteiger partial charge is 0.493 e. The molecule has 6 aromatic rings. The third kappa shape index (κ3) is 4.33. The molecule has 0 spiro atoms. The van der Waals surface area contributed by atoms with Crippen LogP contribution in [0.25, 0.3) is 16.4 Å². The monoisotopic (exact) mass is 563 g/mol. The fraction of sp³-hybridized carbons (Fsp3) is 0.161. The molecule has 3 aromatic carbocycles. The van der Waals surface area contributed by atoms with Gasteiger partial charge in [-0.1, -0.05) is 47.6 Å². The van der Waals surface area contributed by atoms with E-state index in [0.29, 0.717) is 28.9 Å². The molecule has 204 valence electrons. The zero-order chi connectivity index (χ0) is 27.9. The van der Waals surface area contributed by atoms with Crippen LogP contribution in [0, 0.1) is 0 Å². The van der Waals surface area contributed by atoms with Crippen LogP contribution in [0.4, 0.5) is 0 Å². The Hall–Kier alpha value is -4.96. The SMILES string of the molecule is COc1ccc([C@@H]2c3c(ccc4ccccc34)Oc3ncn4nc(CO/N=C(/C)c5cccs5)nc4c32)cc1OC. The Labute approximate surface area is 239 Å². The second-order valence-corrected chi connectivity index (χ2v) is 10.5. The van der Waals surface area contributed by atoms with Crippen LogP contribution in [0.3, 0.4) is 0 Å². The third-order valence-corrected chi connectivity index (χ3v) is 8.14. The van der Waals surface area contributed by atoms with Gasteiger partial charge in [0, 0.05) is 11.5 Å². The quantitative estimate of drug-likeness (QED) is 0.160. The minimum atomic E-state index is -0.270. The molecule has 0 radical (unpaired) electrons. The highest BCUT2D eigenvalue weighted by Crippen LogP contribution is 2.51. The van der Waals surface area contributed by atoms with E-state index in [4.69, 9.17) is 24.0 Å². The molecule has 4 heterocycles. The van der Waals surface area contributed by atoms with Gasteiger partial charge in [0.05, 0.1) is 30.4 Å². The number of thiophene rings is 1. The fourth-order valence-corrected chi connectivity index (χ4v) is 5.96. The molecule has 1 atom stereocenters. The molecule has 0 bridgehead atoms. The molecule has 0 amide bonds. The first-order valence-corrected chi connectivity index (χ1v) is 13.9. The first-order chi connectivity index (χ1) is 20.1. The van der Waals surface area contributed by atoms with Crippen molar-refractivity contribution in [1.82, 2.24) is 19.6 Å². The molecule has 1 aliphatic rings. The number of nitrogens with zero attached hydrogens (tertiary/aromatic N) is 5. The molecular formula is C31H25N5O4S. The summed E-state index contributed by atoms with van der Waals surface area (Å²) < 4.78 is 19.3. The van der Waals surface area contributed by atoms with Crippen LogP contribution in [0.5, 0.6) is 23.1 Å². The number of oxime groups is 1. The van der Waals surface area contributed by atoms with E-state index >= 15 is 0 Å². The van der Waals surface area contributed by atoms with Crippen LogP contribution >= 0.6 is 11.3 Å². The lowest BCUT2D eigenvalue weighted by Gasteiger charge is -2.29. The molecular weight excluding hydrogens is 538 g/mol. The summed E-state index contributed by atoms with van der Waals surface area (Å²) in [6, 6.07) is 22.3. The van der Waals surface area contributed by atoms with Crippen LogP contribution in [0.2, 0.25) is 0 Å². The molecule has 3 aromatic heterocycles. The highest BCUT2D eigenvalue weighted by molar-refractivity contribution is 7.12. The van der Waals surface area contributed by atoms with Crippen molar-refractivity contribution in [2.24, 2.45) is 5.16 Å². The van der Waals surface area contributed by atoms with Gasteiger partial charge in [-0.2, -0.15) is 0 Å². The van der Waals surface area contributed by atoms with E-state index in [1.54, 1.807) is 36.4 Å². The van der Waals surface area contributed by atoms with Gasteiger partial charge >= 0.3 is 0 Å². The predicted molar refractivity (Wildman–Crippen MR) is 157 cm³/mol. The maximum atomic E-state index is 6.41. The maximum Gasteiger partial charge on any atom is 0.228 e. The van der Waals surface area contributed by atoms with E-state index in [-0.39, 0.29) is 12.5 Å². The summed E-state index contributed by atoms with van der Waals surface area (Å²) in [5.74, 6) is 2.72. The van der Waals surface area contributed by atoms with Crippen molar-refractivity contribution in [3.8, 4) is 23.1 Å². The summed E-state index contributed by atoms with van der Waals surface area (Å²) in [4.78, 5) is 16.2. The summed E-state index contributed by atoms with van der Waals surface area (Å²) in [5, 5.41) is 13.1. The van der Waals surface area contributed by atoms with Crippen molar-refractivity contribution in [2.75, 3.05) is 14.2 Å². The van der Waals surface area contributed by atoms with Gasteiger partial charge in [0.15, 0.2) is 29.6 Å². The molecule has 41 heavy (non-hydrogen) atoms. The highest BCUT2D eigenvalue weighted by Gasteiger charge is 2.35. The van der Waals surface area contributed by atoms with Gasteiger partial charge < -0.3 is 19.0 Å². The lowest BCUT2D eigenvalue weighted by Crippen LogP contribution is -2.15. The normalized spacial score (nSPS) is 14.4. The lowest BCUT2D eigenvalue weighted by atomic mass is 9.81. The van der Waals surface area contributed by atoms with E-state index < -0.39 is 0 Å². The van der Waals surface area contributed by atoms with E-state index in [9.17, 15) is 0 Å². The Kier molecular flexibility index (Phi) is 6.24. The number of ether oxygens (including phenoxy) is 3. The number of aromatic nitrogens is 4. The van der Waals surface area contributed by atoms with Gasteiger partial charge in [0.1, 0.15) is 12.1 Å². The Balaban J connectivity index is 1.37. The summed E-state index contributed by atoms with van der Waals surface area (Å²) in [6.45, 7) is 2.02. The molecule has 0 fully saturated rings. The summed E-state index contributed by atoms with van der Waals surface area (Å²) in [6.07, 6.45) is 1.61. The van der Waals surface area contributed by atoms with Gasteiger partial charge in [-0.15, -0.1) is 16.4 Å². The van der Waals surface area contributed by atoms with Crippen molar-refractivity contribution in [3.05, 3.63) is 106 Å². The smallest absolute Gasteiger partial charge is 0.228 e. The number of benzene rings is 3. The number of hydrogen-bond acceptors (Lipinski definition) is 9. The van der Waals surface area contributed by atoms with E-state index in [0.717, 1.165) is 43.8 Å². The third-order valence-electron chi connectivity index (χ3n) is 7.16. The molecule has 0 saturated carbocycles. The summed E-state index contributed by atoms with van der Waals surface area (Å²) in [7, 11) is 3.26. The molecule has 0 aliphatic carbocycles. The predicted octanol–water partition coefficient (Wildman–Crippen LogP) is 6.58. The zero-order valence-corrected chi connectivity index (χ0v) is 23.4. The number of methoxy groups -OCH3 is 2. The first kappa shape index (κ1) is 25.0. The topological polar surface area (TPSA) is 92.4 Å². The van der Waals surface area contributed by atoms with Crippen LogP contribution in [-0.4, -0.2) is 39.5 Å². The van der Waals surface area contributed by atoms with Gasteiger partial charge in [-0.25, -0.2) is 14.5 Å². The number of rotatable bonds is 7. The number of hydrogen-bond donors (Lipinski definition) is 0. The fourth-order valence-electron chi connectivity index (χ4n) is 5.29. The minimum Gasteiger partial charge on any atom is -0.493 e. The van der Waals surface area contributed by atoms with Gasteiger partial charge in [0.2, 0.25) is 5.88 Å². The molecule has 0 saturated heterocycles. The molecule has 0 unspecified atom stereocenters. The maximum absolute atomic E-state index is 6.41. The van der Waals surface area contributed by atoms with Crippen molar-refractivity contribution in [1.29, 1.82) is 0 Å². The van der Waals surface area contributed by atoms with Crippen LogP contribution in [-0.2, 0) is 11.4 Å². The first-order valence-electron chi connectivity index (χ1n) is 13.0. The molecule has 0 N–H and O–H groups in total. The molecule has 10 heteroatoms. The number of fused-ring (bicyclic) bond motifs is 6. The highest BCUT2D eigenvalue weighted by atomic mass is 32.1. The Morgan fingerprint density at radius 1 is 1.00 bits per heavy atom. The van der Waals surface area contributed by atoms with Crippen molar-refractivity contribution in [2.45, 2.75) is 19.4 Å². The Bertz CT molecular complexity index is 1930. The van der Waals surface area contributed by atoms with Gasteiger partial charge in [0.25, 0.3) is 0 Å². The zero-order valence-electron chi connectivity index (χ0n) is 22.6. The van der Waals surface area contributed by atoms with E-state index in [1.807, 2.05) is 60.8 Å². The standard InChI is InChI=1S/C31H25N5O4S/c1-18(25-9-6-14-41-25)35-39-16-26-33-30-29-27(20-11-12-22(37-2)24(15-20)38-3)28-21-8-5-4-7-19(21)10-13-23(28)40-31(29)32-17-36(30)34-26/h4-15,17,27H,16H2,1-3H3/b35-18-/t27-/m1/s1. The summed E-state index contributed by atoms with van der Waals surface area (Å²) in [5.41, 5.74) is 4.24. The second kappa shape index (κ2) is 10.2. The van der Waals surface area contributed by atoms with E-state index in [2.05, 4.69) is 33.4 Å². The average Bonchev–Trinajstić information content (AvgIpc) is 3.70. The molecule has 7 rings (SSSR count). The Morgan fingerprint density at radius 3 is 2.71 bits per heavy atom. The van der Waals surface area contributed by atoms with Crippen molar-refractivity contribution >= 4 is 33.5 Å². The average molecular weight is 564 g/mol. The van der Waals surface area contributed by atoms with Crippen molar-refractivity contribution < 1.29 is 19.0 Å². The van der Waals surface area contributed by atoms with Gasteiger partial charge in [-0.05, 0) is 52.9 Å². The van der Waals surface area contributed by atoms with Crippen LogP contribution in [0.1, 0.15) is 40.2 Å². The molecule has 1 aliphatic heterocycles. The van der Waals surface area contributed by atoms with Gasteiger partial charge in [-0.3, -0.25) is 0 Å². The minimum absolute atomic E-state index is 0.112. The Morgan fingerprint density at radius 2 is 1.88 bits per heavy atom. The van der Waals surface area contributed by atoms with Crippen molar-refractivity contribution in [3.63, 3.8) is 0 Å². The lowest BCUT2D eigenvalue weighted by molar-refractivity contribution is 0.125. The second-order valence-electron chi connectivity index (χ2n) is 9.54. The van der Waals surface area contributed by atoms with Crippen LogP contribution < -0.4 is 14.2 Å². The van der Waals surface area contributed by atoms with E-state index in [1.165, 1.54) is 0 Å². The summed E-state index contributed by atoms with van der Waals surface area (Å²) >= 11 is 1.61. The molecule has 9 nitrogen and oxygen atoms in total. The van der Waals surface area contributed by atoms with Crippen LogP contribution in [0.15, 0.2) is 83.6 Å².